The Hall–Kier alpha value is -0.550. The molecule has 0 heterocycles. The Balaban J connectivity index is 1.92. The third-order valence-electron chi connectivity index (χ3n) is 4.80. The van der Waals surface area contributed by atoms with Gasteiger partial charge in [-0.05, 0) is 43.1 Å². The molecule has 0 bridgehead atoms. The average Bonchev–Trinajstić information content (AvgIpc) is 3.13. The molecule has 0 unspecified atom stereocenters. The topological polar surface area (TPSA) is 9.23 Å². The van der Waals surface area contributed by atoms with Gasteiger partial charge in [-0.15, -0.1) is 0 Å². The molecule has 1 nitrogen and oxygen atoms in total. The number of hydrogen-bond acceptors (Lipinski definition) is 1. The molecule has 0 radical (unpaired) electrons. The summed E-state index contributed by atoms with van der Waals surface area (Å²) in [6.45, 7) is 0. The molecule has 2 fully saturated rings. The Labute approximate surface area is 118 Å². The average molecular weight is 276 g/mol. The molecule has 0 aliphatic heterocycles. The van der Waals surface area contributed by atoms with E-state index in [1.165, 1.54) is 51.4 Å². The first-order chi connectivity index (χ1) is 9.40. The van der Waals surface area contributed by atoms with Crippen LogP contribution in [-0.2, 0) is 0 Å². The number of hydrogen-bond donors (Lipinski definition) is 0. The van der Waals surface area contributed by atoms with E-state index in [0.29, 0.717) is 0 Å². The van der Waals surface area contributed by atoms with Crippen LogP contribution in [0.4, 0.5) is 0 Å². The number of para-hydroxylation sites is 1. The first kappa shape index (κ1) is 13.4. The second-order valence-electron chi connectivity index (χ2n) is 5.96. The molecule has 0 spiro atoms. The van der Waals surface area contributed by atoms with Crippen LogP contribution in [0, 0.1) is 0 Å². The number of ether oxygens (including phenoxy) is 1. The van der Waals surface area contributed by atoms with Gasteiger partial charge in [0.15, 0.2) is 0 Å². The minimum Gasteiger partial charge on any atom is -0.496 e. The standard InChI is InChI=1S/C17H25OP/c1-18-16-12-6-7-13-17(16)19(14-8-2-3-9-14)15-10-4-5-11-15/h6-7,12-15H,2-5,8-11H2,1H3. The maximum atomic E-state index is 5.66. The molecule has 2 aliphatic rings. The van der Waals surface area contributed by atoms with Crippen molar-refractivity contribution in [2.45, 2.75) is 62.7 Å². The summed E-state index contributed by atoms with van der Waals surface area (Å²) in [7, 11) is 1.82. The lowest BCUT2D eigenvalue weighted by molar-refractivity contribution is 0.418. The van der Waals surface area contributed by atoms with Gasteiger partial charge in [-0.1, -0.05) is 51.8 Å². The minimum atomic E-state index is -0.00965. The highest BCUT2D eigenvalue weighted by Gasteiger charge is 2.35. The van der Waals surface area contributed by atoms with Crippen LogP contribution < -0.4 is 10.0 Å². The molecule has 1 aromatic rings. The molecular formula is C17H25OP. The third-order valence-corrected chi connectivity index (χ3v) is 8.33. The largest absolute Gasteiger partial charge is 0.496 e. The molecule has 0 atom stereocenters. The van der Waals surface area contributed by atoms with Crippen LogP contribution in [0.15, 0.2) is 24.3 Å². The maximum Gasteiger partial charge on any atom is 0.126 e. The summed E-state index contributed by atoms with van der Waals surface area (Å²) < 4.78 is 5.66. The molecule has 0 amide bonds. The highest BCUT2D eigenvalue weighted by Crippen LogP contribution is 2.57. The van der Waals surface area contributed by atoms with Crippen molar-refractivity contribution in [2.24, 2.45) is 0 Å². The molecular weight excluding hydrogens is 251 g/mol. The Bertz CT molecular complexity index is 389. The van der Waals surface area contributed by atoms with E-state index in [9.17, 15) is 0 Å². The van der Waals surface area contributed by atoms with Crippen LogP contribution in [-0.4, -0.2) is 18.4 Å². The zero-order valence-corrected chi connectivity index (χ0v) is 12.9. The van der Waals surface area contributed by atoms with Crippen LogP contribution in [0.25, 0.3) is 0 Å². The van der Waals surface area contributed by atoms with Gasteiger partial charge < -0.3 is 4.74 Å². The van der Waals surface area contributed by atoms with Crippen molar-refractivity contribution >= 4 is 13.2 Å². The van der Waals surface area contributed by atoms with E-state index in [2.05, 4.69) is 24.3 Å². The smallest absolute Gasteiger partial charge is 0.126 e. The molecule has 0 aromatic heterocycles. The van der Waals surface area contributed by atoms with Gasteiger partial charge in [-0.25, -0.2) is 0 Å². The number of methoxy groups -OCH3 is 1. The zero-order valence-electron chi connectivity index (χ0n) is 12.0. The lowest BCUT2D eigenvalue weighted by Gasteiger charge is -2.31. The molecule has 3 rings (SSSR count). The van der Waals surface area contributed by atoms with E-state index in [1.54, 1.807) is 5.30 Å². The molecule has 19 heavy (non-hydrogen) atoms. The van der Waals surface area contributed by atoms with Crippen molar-refractivity contribution in [1.29, 1.82) is 0 Å². The summed E-state index contributed by atoms with van der Waals surface area (Å²) in [5, 5.41) is 1.55. The number of rotatable bonds is 4. The molecule has 2 heteroatoms. The summed E-state index contributed by atoms with van der Waals surface area (Å²) in [6, 6.07) is 8.83. The first-order valence-electron chi connectivity index (χ1n) is 7.81. The van der Waals surface area contributed by atoms with Crippen molar-refractivity contribution in [3.05, 3.63) is 24.3 Å². The van der Waals surface area contributed by atoms with E-state index in [0.717, 1.165) is 17.1 Å². The highest BCUT2D eigenvalue weighted by atomic mass is 31.1. The van der Waals surface area contributed by atoms with E-state index in [1.807, 2.05) is 7.11 Å². The first-order valence-corrected chi connectivity index (χ1v) is 9.29. The summed E-state index contributed by atoms with van der Waals surface area (Å²) >= 11 is 0. The van der Waals surface area contributed by atoms with Crippen molar-refractivity contribution < 1.29 is 4.74 Å². The molecule has 104 valence electrons. The predicted molar refractivity (Wildman–Crippen MR) is 84.1 cm³/mol. The second kappa shape index (κ2) is 6.27. The predicted octanol–water partition coefficient (Wildman–Crippen LogP) is 4.69. The summed E-state index contributed by atoms with van der Waals surface area (Å²) in [5.41, 5.74) is 1.93. The Morgan fingerprint density at radius 1 is 0.895 bits per heavy atom. The summed E-state index contributed by atoms with van der Waals surface area (Å²) in [4.78, 5) is 0. The number of benzene rings is 1. The highest BCUT2D eigenvalue weighted by molar-refractivity contribution is 7.67. The van der Waals surface area contributed by atoms with Gasteiger partial charge in [0.05, 0.1) is 7.11 Å². The summed E-state index contributed by atoms with van der Waals surface area (Å²) in [6.07, 6.45) is 11.6. The van der Waals surface area contributed by atoms with Crippen molar-refractivity contribution in [1.82, 2.24) is 0 Å². The van der Waals surface area contributed by atoms with Crippen LogP contribution in [0.3, 0.4) is 0 Å². The fraction of sp³-hybridized carbons (Fsp3) is 0.647. The van der Waals surface area contributed by atoms with Gasteiger partial charge in [-0.3, -0.25) is 0 Å². The normalized spacial score (nSPS) is 21.4. The Morgan fingerprint density at radius 2 is 1.42 bits per heavy atom. The van der Waals surface area contributed by atoms with Crippen molar-refractivity contribution in [3.8, 4) is 5.75 Å². The van der Waals surface area contributed by atoms with Crippen molar-refractivity contribution in [3.63, 3.8) is 0 Å². The fourth-order valence-electron chi connectivity index (χ4n) is 3.90. The van der Waals surface area contributed by atoms with Gasteiger partial charge in [0, 0.05) is 5.30 Å². The molecule has 2 aliphatic carbocycles. The SMILES string of the molecule is COc1ccccc1P(C1CCCC1)C1CCCC1. The van der Waals surface area contributed by atoms with Gasteiger partial charge >= 0.3 is 0 Å². The van der Waals surface area contributed by atoms with E-state index in [-0.39, 0.29) is 7.92 Å². The van der Waals surface area contributed by atoms with E-state index >= 15 is 0 Å². The second-order valence-corrected chi connectivity index (χ2v) is 8.71. The molecule has 0 N–H and O–H groups in total. The van der Waals surface area contributed by atoms with Gasteiger partial charge in [-0.2, -0.15) is 0 Å². The Kier molecular flexibility index (Phi) is 4.43. The van der Waals surface area contributed by atoms with E-state index in [4.69, 9.17) is 4.74 Å². The monoisotopic (exact) mass is 276 g/mol. The van der Waals surface area contributed by atoms with Gasteiger partial charge in [0.25, 0.3) is 0 Å². The zero-order chi connectivity index (χ0) is 13.1. The minimum absolute atomic E-state index is 0.00965. The van der Waals surface area contributed by atoms with Crippen LogP contribution in [0.1, 0.15) is 51.4 Å². The maximum absolute atomic E-state index is 5.66. The van der Waals surface area contributed by atoms with Crippen LogP contribution >= 0.6 is 7.92 Å². The van der Waals surface area contributed by atoms with Crippen LogP contribution in [0.5, 0.6) is 5.75 Å². The molecule has 1 aromatic carbocycles. The van der Waals surface area contributed by atoms with Crippen molar-refractivity contribution in [2.75, 3.05) is 7.11 Å². The fourth-order valence-corrected chi connectivity index (χ4v) is 7.80. The van der Waals surface area contributed by atoms with Gasteiger partial charge in [0.2, 0.25) is 0 Å². The van der Waals surface area contributed by atoms with E-state index < -0.39 is 0 Å². The van der Waals surface area contributed by atoms with Gasteiger partial charge in [0.1, 0.15) is 5.75 Å². The lowest BCUT2D eigenvalue weighted by atomic mass is 10.3. The third kappa shape index (κ3) is 2.82. The molecule has 0 saturated heterocycles. The van der Waals surface area contributed by atoms with Crippen LogP contribution in [0.2, 0.25) is 0 Å². The lowest BCUT2D eigenvalue weighted by Crippen LogP contribution is -2.20. The molecule has 2 saturated carbocycles. The summed E-state index contributed by atoms with van der Waals surface area (Å²) in [5.74, 6) is 1.15. The Morgan fingerprint density at radius 3 is 1.95 bits per heavy atom. The quantitative estimate of drug-likeness (QED) is 0.725.